The zero-order valence-electron chi connectivity index (χ0n) is 17.2. The molecule has 1 nitrogen and oxygen atoms in total. The van der Waals surface area contributed by atoms with Crippen LogP contribution in [0.15, 0.2) is 12.1 Å². The standard InChI is InChI=1S/C21H33N.C2H6/c1-6-7-8-9-21-10-11-22(5)20(17(21)4)14-18-12-15(2)16(3)13-19(18)21;1-2/h12-13,17,20H,6-11,14H2,1-5H3;1-2H3/t17-,20+,21-;/m1./s1. The molecular weight excluding hydrogens is 290 g/mol. The quantitative estimate of drug-likeness (QED) is 0.608. The van der Waals surface area contributed by atoms with Crippen molar-refractivity contribution in [3.05, 3.63) is 34.4 Å². The highest BCUT2D eigenvalue weighted by molar-refractivity contribution is 5.45. The third-order valence-corrected chi connectivity index (χ3v) is 6.84. The molecule has 1 aromatic rings. The van der Waals surface area contributed by atoms with Crippen LogP contribution in [-0.2, 0) is 11.8 Å². The molecule has 3 rings (SSSR count). The first-order valence-corrected chi connectivity index (χ1v) is 10.3. The average molecular weight is 330 g/mol. The van der Waals surface area contributed by atoms with E-state index in [1.165, 1.54) is 56.2 Å². The van der Waals surface area contributed by atoms with E-state index in [0.717, 1.165) is 12.0 Å². The molecule has 1 fully saturated rings. The number of nitrogens with zero attached hydrogens (tertiary/aromatic N) is 1. The lowest BCUT2D eigenvalue weighted by atomic mass is 9.56. The van der Waals surface area contributed by atoms with Crippen molar-refractivity contribution in [1.29, 1.82) is 0 Å². The minimum absolute atomic E-state index is 0.443. The number of fused-ring (bicyclic) bond motifs is 4. The fraction of sp³-hybridized carbons (Fsp3) is 0.739. The zero-order chi connectivity index (χ0) is 17.9. The number of unbranched alkanes of at least 4 members (excludes halogenated alkanes) is 2. The van der Waals surface area contributed by atoms with Gasteiger partial charge < -0.3 is 4.90 Å². The van der Waals surface area contributed by atoms with E-state index in [-0.39, 0.29) is 0 Å². The molecule has 2 aliphatic rings. The molecule has 136 valence electrons. The van der Waals surface area contributed by atoms with Crippen molar-refractivity contribution in [3.8, 4) is 0 Å². The molecule has 2 bridgehead atoms. The third-order valence-electron chi connectivity index (χ3n) is 6.84. The molecule has 0 aromatic heterocycles. The summed E-state index contributed by atoms with van der Waals surface area (Å²) in [5.74, 6) is 0.790. The van der Waals surface area contributed by atoms with E-state index in [9.17, 15) is 0 Å². The average Bonchev–Trinajstić information content (AvgIpc) is 2.58. The molecule has 1 heterocycles. The summed E-state index contributed by atoms with van der Waals surface area (Å²) in [5.41, 5.74) is 6.76. The highest BCUT2D eigenvalue weighted by Crippen LogP contribution is 2.51. The molecule has 0 spiro atoms. The van der Waals surface area contributed by atoms with E-state index in [2.05, 4.69) is 51.8 Å². The van der Waals surface area contributed by atoms with Gasteiger partial charge in [-0.15, -0.1) is 0 Å². The minimum atomic E-state index is 0.443. The van der Waals surface area contributed by atoms with Crippen molar-refractivity contribution in [2.45, 2.75) is 91.5 Å². The Morgan fingerprint density at radius 3 is 2.46 bits per heavy atom. The van der Waals surface area contributed by atoms with Gasteiger partial charge in [0.2, 0.25) is 0 Å². The second-order valence-corrected chi connectivity index (χ2v) is 8.00. The summed E-state index contributed by atoms with van der Waals surface area (Å²) in [5, 5.41) is 0. The Balaban J connectivity index is 0.00000100. The van der Waals surface area contributed by atoms with Gasteiger partial charge in [0, 0.05) is 11.5 Å². The third kappa shape index (κ3) is 3.29. The second kappa shape index (κ2) is 8.04. The van der Waals surface area contributed by atoms with Crippen molar-refractivity contribution < 1.29 is 0 Å². The van der Waals surface area contributed by atoms with Crippen LogP contribution >= 0.6 is 0 Å². The summed E-state index contributed by atoms with van der Waals surface area (Å²) >= 11 is 0. The lowest BCUT2D eigenvalue weighted by Gasteiger charge is -2.55. The van der Waals surface area contributed by atoms with E-state index >= 15 is 0 Å². The first-order valence-electron chi connectivity index (χ1n) is 10.3. The van der Waals surface area contributed by atoms with Gasteiger partial charge in [-0.3, -0.25) is 0 Å². The Bertz CT molecular complexity index is 547. The first-order chi connectivity index (χ1) is 11.5. The van der Waals surface area contributed by atoms with Crippen molar-refractivity contribution in [1.82, 2.24) is 4.90 Å². The van der Waals surface area contributed by atoms with Gasteiger partial charge in [-0.05, 0) is 74.9 Å². The highest BCUT2D eigenvalue weighted by Gasteiger charge is 2.49. The van der Waals surface area contributed by atoms with Gasteiger partial charge in [-0.2, -0.15) is 0 Å². The number of aryl methyl sites for hydroxylation is 2. The largest absolute Gasteiger partial charge is 0.303 e. The topological polar surface area (TPSA) is 3.24 Å². The monoisotopic (exact) mass is 329 g/mol. The van der Waals surface area contributed by atoms with E-state index < -0.39 is 0 Å². The Morgan fingerprint density at radius 2 is 1.79 bits per heavy atom. The molecule has 3 atom stereocenters. The van der Waals surface area contributed by atoms with Crippen molar-refractivity contribution in [2.24, 2.45) is 5.92 Å². The second-order valence-electron chi connectivity index (χ2n) is 8.00. The molecule has 0 unspecified atom stereocenters. The van der Waals surface area contributed by atoms with Crippen LogP contribution in [-0.4, -0.2) is 24.5 Å². The molecule has 1 aromatic carbocycles. The number of likely N-dealkylation sites (N-methyl/N-ethyl adjacent to an activating group) is 1. The number of hydrogen-bond acceptors (Lipinski definition) is 1. The van der Waals surface area contributed by atoms with Gasteiger partial charge in [0.25, 0.3) is 0 Å². The fourth-order valence-electron chi connectivity index (χ4n) is 5.14. The highest BCUT2D eigenvalue weighted by atomic mass is 15.1. The molecule has 0 amide bonds. The normalized spacial score (nSPS) is 28.8. The van der Waals surface area contributed by atoms with E-state index in [0.29, 0.717) is 5.41 Å². The van der Waals surface area contributed by atoms with Crippen molar-refractivity contribution in [3.63, 3.8) is 0 Å². The summed E-state index contributed by atoms with van der Waals surface area (Å²) in [6.45, 7) is 14.7. The molecule has 24 heavy (non-hydrogen) atoms. The van der Waals surface area contributed by atoms with Crippen LogP contribution in [0, 0.1) is 19.8 Å². The van der Waals surface area contributed by atoms with Crippen LogP contribution in [0.3, 0.4) is 0 Å². The summed E-state index contributed by atoms with van der Waals surface area (Å²) in [4.78, 5) is 2.63. The van der Waals surface area contributed by atoms with Crippen molar-refractivity contribution in [2.75, 3.05) is 13.6 Å². The number of likely N-dealkylation sites (tertiary alicyclic amines) is 1. The van der Waals surface area contributed by atoms with Crippen LogP contribution in [0.1, 0.15) is 82.1 Å². The van der Waals surface area contributed by atoms with Gasteiger partial charge in [-0.1, -0.05) is 59.1 Å². The van der Waals surface area contributed by atoms with E-state index in [1.54, 1.807) is 11.1 Å². The SMILES string of the molecule is CC.CCCCC[C@]12CCN(C)[C@@H](Cc3cc(C)c(C)cc31)[C@H]2C. The Kier molecular flexibility index (Phi) is 6.53. The van der Waals surface area contributed by atoms with Gasteiger partial charge in [-0.25, -0.2) is 0 Å². The lowest BCUT2D eigenvalue weighted by Crippen LogP contribution is -2.57. The zero-order valence-corrected chi connectivity index (χ0v) is 17.2. The summed E-state index contributed by atoms with van der Waals surface area (Å²) in [7, 11) is 2.34. The van der Waals surface area contributed by atoms with Gasteiger partial charge >= 0.3 is 0 Å². The van der Waals surface area contributed by atoms with E-state index in [4.69, 9.17) is 0 Å². The molecular formula is C23H39N. The van der Waals surface area contributed by atoms with Crippen LogP contribution in [0.5, 0.6) is 0 Å². The van der Waals surface area contributed by atoms with Gasteiger partial charge in [0.05, 0.1) is 0 Å². The lowest BCUT2D eigenvalue weighted by molar-refractivity contribution is 0.0345. The molecule has 1 saturated heterocycles. The van der Waals surface area contributed by atoms with E-state index in [1.807, 2.05) is 13.8 Å². The van der Waals surface area contributed by atoms with Crippen LogP contribution in [0.2, 0.25) is 0 Å². The Hall–Kier alpha value is -0.820. The summed E-state index contributed by atoms with van der Waals surface area (Å²) < 4.78 is 0. The molecule has 1 aliphatic heterocycles. The number of benzene rings is 1. The maximum absolute atomic E-state index is 2.63. The molecule has 0 saturated carbocycles. The van der Waals surface area contributed by atoms with Crippen LogP contribution < -0.4 is 0 Å². The molecule has 0 radical (unpaired) electrons. The number of rotatable bonds is 4. The van der Waals surface area contributed by atoms with Crippen LogP contribution in [0.25, 0.3) is 0 Å². The Morgan fingerprint density at radius 1 is 1.12 bits per heavy atom. The minimum Gasteiger partial charge on any atom is -0.303 e. The number of piperidine rings is 1. The van der Waals surface area contributed by atoms with Gasteiger partial charge in [0.15, 0.2) is 0 Å². The summed E-state index contributed by atoms with van der Waals surface area (Å²) in [6, 6.07) is 5.79. The fourth-order valence-corrected chi connectivity index (χ4v) is 5.14. The number of hydrogen-bond donors (Lipinski definition) is 0. The van der Waals surface area contributed by atoms with Crippen LogP contribution in [0.4, 0.5) is 0 Å². The molecule has 0 N–H and O–H groups in total. The maximum atomic E-state index is 2.63. The summed E-state index contributed by atoms with van der Waals surface area (Å²) in [6.07, 6.45) is 8.10. The maximum Gasteiger partial charge on any atom is 0.0167 e. The predicted molar refractivity (Wildman–Crippen MR) is 107 cm³/mol. The molecule has 1 aliphatic carbocycles. The Labute approximate surface area is 150 Å². The smallest absolute Gasteiger partial charge is 0.0167 e. The van der Waals surface area contributed by atoms with Crippen molar-refractivity contribution >= 4 is 0 Å². The first kappa shape index (κ1) is 19.5. The predicted octanol–water partition coefficient (Wildman–Crippen LogP) is 6.04. The molecule has 1 heteroatoms. The van der Waals surface area contributed by atoms with Gasteiger partial charge in [0.1, 0.15) is 0 Å².